The molecule has 0 aliphatic carbocycles. The number of hydrogen-bond acceptors (Lipinski definition) is 10. The average molecular weight is 835 g/mol. The second-order valence-electron chi connectivity index (χ2n) is 14.7. The quantitative estimate of drug-likeness (QED) is 0.0566. The van der Waals surface area contributed by atoms with Crippen LogP contribution in [-0.4, -0.2) is 81.0 Å². The number of ether oxygens (including phenoxy) is 2. The first kappa shape index (κ1) is 42.1. The second-order valence-corrected chi connectivity index (χ2v) is 14.7. The van der Waals surface area contributed by atoms with Crippen LogP contribution in [0, 0.1) is 0 Å². The van der Waals surface area contributed by atoms with Crippen LogP contribution in [0.15, 0.2) is 134 Å². The third-order valence-electron chi connectivity index (χ3n) is 10.5. The number of benzene rings is 5. The van der Waals surface area contributed by atoms with Gasteiger partial charge in [-0.25, -0.2) is 9.59 Å². The number of Topliss-reactive ketones (excluding diaryl/α,β-unsaturated/α-hetero) is 2. The maximum Gasteiger partial charge on any atom is 0.328 e. The van der Waals surface area contributed by atoms with Crippen LogP contribution in [0.25, 0.3) is 21.8 Å². The Morgan fingerprint density at radius 2 is 0.839 bits per heavy atom. The maximum absolute atomic E-state index is 13.6. The molecule has 2 atom stereocenters. The first-order chi connectivity index (χ1) is 29.9. The molecule has 0 unspecified atom stereocenters. The Morgan fingerprint density at radius 3 is 1.19 bits per heavy atom. The van der Waals surface area contributed by atoms with E-state index in [0.717, 1.165) is 22.2 Å². The molecule has 0 radical (unpaired) electrons. The van der Waals surface area contributed by atoms with E-state index >= 15 is 0 Å². The number of fused-ring (bicyclic) bond motifs is 2. The minimum Gasteiger partial charge on any atom is -0.508 e. The molecular formula is C48H42N4O10. The molecule has 5 aromatic carbocycles. The number of hydrogen-bond donors (Lipinski definition) is 4. The standard InChI is InChI=1S/C48H42N4O10/c1-61-47(59)39(23-29-15-19-33(53)20-16-29)49-45(57)43(55)37-27-51(41-9-5-3-7-35(37)41)25-31-11-13-32(14-12-31)26-52-28-38(36-8-4-6-10-42(36)52)44(56)46(58)50-40(48(60)62-2)24-30-17-21-34(54)22-18-30/h3-22,27-28,39-40,53-54H,23-26H2,1-2H3,(H,49,57)(H,50,58)/t39-,40-/m0/s1. The topological polar surface area (TPSA) is 195 Å². The van der Waals surface area contributed by atoms with Crippen LogP contribution in [0.1, 0.15) is 43.0 Å². The van der Waals surface area contributed by atoms with Crippen LogP contribution in [0.5, 0.6) is 11.5 Å². The van der Waals surface area contributed by atoms with Crippen molar-refractivity contribution in [3.8, 4) is 11.5 Å². The van der Waals surface area contributed by atoms with Gasteiger partial charge in [-0.15, -0.1) is 0 Å². The highest BCUT2D eigenvalue weighted by molar-refractivity contribution is 6.45. The molecule has 7 rings (SSSR count). The molecule has 0 spiro atoms. The van der Waals surface area contributed by atoms with Gasteiger partial charge in [0.1, 0.15) is 23.6 Å². The largest absolute Gasteiger partial charge is 0.508 e. The third-order valence-corrected chi connectivity index (χ3v) is 10.5. The zero-order valence-electron chi connectivity index (χ0n) is 33.7. The Bertz CT molecular complexity index is 2610. The van der Waals surface area contributed by atoms with Crippen molar-refractivity contribution >= 4 is 57.1 Å². The Balaban J connectivity index is 1.05. The number of para-hydroxylation sites is 2. The minimum atomic E-state index is -1.14. The van der Waals surface area contributed by atoms with Crippen molar-refractivity contribution in [3.63, 3.8) is 0 Å². The average Bonchev–Trinajstić information content (AvgIpc) is 3.84. The summed E-state index contributed by atoms with van der Waals surface area (Å²) >= 11 is 0. The highest BCUT2D eigenvalue weighted by Gasteiger charge is 2.30. The minimum absolute atomic E-state index is 0.0451. The maximum atomic E-state index is 13.6. The summed E-state index contributed by atoms with van der Waals surface area (Å²) in [5.41, 5.74) is 4.86. The lowest BCUT2D eigenvalue weighted by molar-refractivity contribution is -0.145. The van der Waals surface area contributed by atoms with Gasteiger partial charge in [0.15, 0.2) is 0 Å². The van der Waals surface area contributed by atoms with Crippen molar-refractivity contribution in [2.45, 2.75) is 38.0 Å². The van der Waals surface area contributed by atoms with E-state index in [0.29, 0.717) is 35.0 Å². The molecule has 0 saturated heterocycles. The van der Waals surface area contributed by atoms with Gasteiger partial charge in [-0.2, -0.15) is 0 Å². The Labute approximate surface area is 355 Å². The van der Waals surface area contributed by atoms with Crippen LogP contribution < -0.4 is 10.6 Å². The van der Waals surface area contributed by atoms with E-state index in [4.69, 9.17) is 9.47 Å². The van der Waals surface area contributed by atoms with Crippen molar-refractivity contribution in [1.29, 1.82) is 0 Å². The van der Waals surface area contributed by atoms with E-state index in [9.17, 15) is 39.0 Å². The summed E-state index contributed by atoms with van der Waals surface area (Å²) < 4.78 is 13.5. The number of aromatic nitrogens is 2. The Morgan fingerprint density at radius 1 is 0.500 bits per heavy atom. The third kappa shape index (κ3) is 9.39. The van der Waals surface area contributed by atoms with Crippen LogP contribution in [-0.2, 0) is 54.6 Å². The molecule has 4 N–H and O–H groups in total. The summed E-state index contributed by atoms with van der Waals surface area (Å²) in [5, 5.41) is 25.4. The molecule has 2 amide bonds. The number of nitrogens with zero attached hydrogens (tertiary/aromatic N) is 2. The smallest absolute Gasteiger partial charge is 0.328 e. The molecule has 7 aromatic rings. The van der Waals surface area contributed by atoms with E-state index in [2.05, 4.69) is 10.6 Å². The van der Waals surface area contributed by atoms with Crippen LogP contribution in [0.3, 0.4) is 0 Å². The molecule has 314 valence electrons. The summed E-state index contributed by atoms with van der Waals surface area (Å²) in [6.07, 6.45) is 3.33. The number of methoxy groups -OCH3 is 2. The van der Waals surface area contributed by atoms with Gasteiger partial charge in [-0.3, -0.25) is 19.2 Å². The molecule has 0 saturated carbocycles. The summed E-state index contributed by atoms with van der Waals surface area (Å²) in [6, 6.07) is 32.2. The SMILES string of the molecule is COC(=O)[C@H](Cc1ccc(O)cc1)NC(=O)C(=O)c1cn(Cc2ccc(Cn3cc(C(=O)C(=O)N[C@@H](Cc4ccc(O)cc4)C(=O)OC)c4ccccc43)cc2)c2ccccc12. The van der Waals surface area contributed by atoms with Crippen molar-refractivity contribution in [2.24, 2.45) is 0 Å². The molecule has 0 aliphatic rings. The number of amides is 2. The van der Waals surface area contributed by atoms with Crippen molar-refractivity contribution < 1.29 is 48.5 Å². The highest BCUT2D eigenvalue weighted by Crippen LogP contribution is 2.26. The van der Waals surface area contributed by atoms with Crippen LogP contribution >= 0.6 is 0 Å². The zero-order valence-corrected chi connectivity index (χ0v) is 33.7. The summed E-state index contributed by atoms with van der Waals surface area (Å²) in [5.74, 6) is -4.92. The van der Waals surface area contributed by atoms with E-state index in [1.807, 2.05) is 57.7 Å². The molecule has 0 fully saturated rings. The van der Waals surface area contributed by atoms with Gasteiger partial charge in [0, 0.05) is 60.1 Å². The lowest BCUT2D eigenvalue weighted by atomic mass is 10.0. The molecular weight excluding hydrogens is 793 g/mol. The Hall–Kier alpha value is -8.00. The molecule has 0 bridgehead atoms. The zero-order chi connectivity index (χ0) is 43.9. The number of carbonyl (C=O) groups is 6. The first-order valence-corrected chi connectivity index (χ1v) is 19.6. The summed E-state index contributed by atoms with van der Waals surface area (Å²) in [7, 11) is 2.39. The van der Waals surface area contributed by atoms with Gasteiger partial charge in [0.05, 0.1) is 25.3 Å². The fraction of sp³-hybridized carbons (Fsp3) is 0.167. The number of carbonyl (C=O) groups excluding carboxylic acids is 6. The molecule has 14 nitrogen and oxygen atoms in total. The van der Waals surface area contributed by atoms with Gasteiger partial charge in [0.25, 0.3) is 23.4 Å². The van der Waals surface area contributed by atoms with Crippen molar-refractivity contribution in [1.82, 2.24) is 19.8 Å². The van der Waals surface area contributed by atoms with Gasteiger partial charge in [0.2, 0.25) is 0 Å². The molecule has 62 heavy (non-hydrogen) atoms. The number of rotatable bonds is 16. The first-order valence-electron chi connectivity index (χ1n) is 19.6. The molecule has 2 aromatic heterocycles. The van der Waals surface area contributed by atoms with Gasteiger partial charge in [-0.05, 0) is 58.7 Å². The van der Waals surface area contributed by atoms with E-state index in [-0.39, 0.29) is 35.5 Å². The summed E-state index contributed by atoms with van der Waals surface area (Å²) in [6.45, 7) is 0.724. The van der Waals surface area contributed by atoms with Crippen LogP contribution in [0.4, 0.5) is 0 Å². The van der Waals surface area contributed by atoms with Gasteiger partial charge < -0.3 is 39.5 Å². The van der Waals surface area contributed by atoms with Crippen molar-refractivity contribution in [2.75, 3.05) is 14.2 Å². The summed E-state index contributed by atoms with van der Waals surface area (Å²) in [4.78, 5) is 79.2. The number of phenolic OH excluding ortho intramolecular Hbond substituents is 2. The normalized spacial score (nSPS) is 12.0. The van der Waals surface area contributed by atoms with Gasteiger partial charge >= 0.3 is 11.9 Å². The van der Waals surface area contributed by atoms with E-state index < -0.39 is 47.4 Å². The number of aromatic hydroxyl groups is 2. The fourth-order valence-corrected chi connectivity index (χ4v) is 7.36. The molecule has 2 heterocycles. The predicted molar refractivity (Wildman–Crippen MR) is 229 cm³/mol. The predicted octanol–water partition coefficient (Wildman–Crippen LogP) is 5.27. The second kappa shape index (κ2) is 18.5. The number of esters is 2. The lowest BCUT2D eigenvalue weighted by Gasteiger charge is -2.16. The number of ketones is 2. The van der Waals surface area contributed by atoms with E-state index in [1.165, 1.54) is 38.5 Å². The Kier molecular flexibility index (Phi) is 12.6. The van der Waals surface area contributed by atoms with E-state index in [1.54, 1.807) is 60.9 Å². The fourth-order valence-electron chi connectivity index (χ4n) is 7.36. The molecule has 14 heteroatoms. The highest BCUT2D eigenvalue weighted by atomic mass is 16.5. The molecule has 0 aliphatic heterocycles. The number of phenols is 2. The lowest BCUT2D eigenvalue weighted by Crippen LogP contribution is -2.45. The van der Waals surface area contributed by atoms with Crippen molar-refractivity contribution in [3.05, 3.63) is 167 Å². The van der Waals surface area contributed by atoms with Crippen LogP contribution in [0.2, 0.25) is 0 Å². The number of nitrogens with one attached hydrogen (secondary N) is 2. The van der Waals surface area contributed by atoms with Gasteiger partial charge in [-0.1, -0.05) is 84.9 Å². The monoisotopic (exact) mass is 834 g/mol.